The summed E-state index contributed by atoms with van der Waals surface area (Å²) in [4.78, 5) is 17.4. The first-order valence-electron chi connectivity index (χ1n) is 3.46. The van der Waals surface area contributed by atoms with Gasteiger partial charge in [0.25, 0.3) is 0 Å². The zero-order chi connectivity index (χ0) is 8.55. The molecule has 0 unspecified atom stereocenters. The number of carboxylic acid groups (broad SMARTS) is 1. The van der Waals surface area contributed by atoms with E-state index in [-0.39, 0.29) is 0 Å². The number of amides is 1. The highest BCUT2D eigenvalue weighted by Crippen LogP contribution is 2.15. The van der Waals surface area contributed by atoms with Crippen LogP contribution >= 0.6 is 0 Å². The number of aliphatic imine (C=N–C) groups is 1. The Balaban J connectivity index is 2.23. The summed E-state index contributed by atoms with van der Waals surface area (Å²) in [7, 11) is 0. The molecule has 0 fully saturated rings. The van der Waals surface area contributed by atoms with Crippen LogP contribution < -0.4 is 0 Å². The molecule has 12 heavy (non-hydrogen) atoms. The van der Waals surface area contributed by atoms with E-state index in [1.54, 1.807) is 23.6 Å². The van der Waals surface area contributed by atoms with Gasteiger partial charge >= 0.3 is 6.09 Å². The van der Waals surface area contributed by atoms with Gasteiger partial charge in [-0.05, 0) is 0 Å². The Kier molecular flexibility index (Phi) is 1.36. The molecule has 0 saturated heterocycles. The topological polar surface area (TPSA) is 56.1 Å². The first kappa shape index (κ1) is 6.90. The molecule has 1 N–H and O–H groups in total. The molecule has 2 aliphatic heterocycles. The lowest BCUT2D eigenvalue weighted by Gasteiger charge is -2.20. The summed E-state index contributed by atoms with van der Waals surface area (Å²) in [6.07, 6.45) is 5.38. The van der Waals surface area contributed by atoms with Crippen LogP contribution in [0.25, 0.3) is 0 Å². The molecule has 0 spiro atoms. The molecule has 0 radical (unpaired) electrons. The minimum absolute atomic E-state index is 0.550. The minimum Gasteiger partial charge on any atom is -0.464 e. The van der Waals surface area contributed by atoms with Crippen LogP contribution in [-0.2, 0) is 0 Å². The van der Waals surface area contributed by atoms with Crippen LogP contribution in [-0.4, -0.2) is 33.9 Å². The Morgan fingerprint density at radius 1 is 1.58 bits per heavy atom. The molecule has 2 heterocycles. The molecular weight excluding hydrogens is 158 g/mol. The first-order chi connectivity index (χ1) is 5.77. The van der Waals surface area contributed by atoms with Crippen molar-refractivity contribution < 1.29 is 9.90 Å². The molecule has 0 bridgehead atoms. The van der Waals surface area contributed by atoms with Crippen LogP contribution in [0.15, 0.2) is 29.3 Å². The summed E-state index contributed by atoms with van der Waals surface area (Å²) < 4.78 is 0. The molecule has 0 saturated carbocycles. The second-order valence-electron chi connectivity index (χ2n) is 2.47. The van der Waals surface area contributed by atoms with Crippen molar-refractivity contribution in [2.75, 3.05) is 6.54 Å². The molecule has 0 aromatic rings. The molecule has 2 rings (SSSR count). The Morgan fingerprint density at radius 3 is 3.17 bits per heavy atom. The summed E-state index contributed by atoms with van der Waals surface area (Å²) in [5.74, 6) is 0. The van der Waals surface area contributed by atoms with E-state index in [0.29, 0.717) is 6.54 Å². The van der Waals surface area contributed by atoms with E-state index in [4.69, 9.17) is 5.11 Å². The number of hydrogen-bond acceptors (Lipinski definition) is 3. The fraction of sp³-hybridized carbons (Fsp3) is 0.143. The number of hydrogen-bond donors (Lipinski definition) is 1. The van der Waals surface area contributed by atoms with Crippen molar-refractivity contribution in [1.82, 2.24) is 9.80 Å². The third kappa shape index (κ3) is 0.952. The lowest BCUT2D eigenvalue weighted by molar-refractivity contribution is 0.174. The smallest absolute Gasteiger partial charge is 0.415 e. The maximum absolute atomic E-state index is 10.5. The van der Waals surface area contributed by atoms with Crippen molar-refractivity contribution in [1.29, 1.82) is 0 Å². The molecule has 1 amide bonds. The lowest BCUT2D eigenvalue weighted by atomic mass is 10.4. The van der Waals surface area contributed by atoms with Crippen molar-refractivity contribution in [3.05, 3.63) is 24.3 Å². The van der Waals surface area contributed by atoms with Crippen LogP contribution in [0.5, 0.6) is 0 Å². The predicted octanol–water partition coefficient (Wildman–Crippen LogP) is 0.637. The van der Waals surface area contributed by atoms with Crippen molar-refractivity contribution in [3.63, 3.8) is 0 Å². The fourth-order valence-corrected chi connectivity index (χ4v) is 1.09. The SMILES string of the molecule is O=C(O)N1C=CN2C=NCC2=C1. The van der Waals surface area contributed by atoms with Crippen molar-refractivity contribution in [2.24, 2.45) is 4.99 Å². The van der Waals surface area contributed by atoms with Gasteiger partial charge in [-0.25, -0.2) is 4.79 Å². The number of carbonyl (C=O) groups is 1. The molecule has 5 nitrogen and oxygen atoms in total. The second-order valence-corrected chi connectivity index (χ2v) is 2.47. The van der Waals surface area contributed by atoms with Gasteiger partial charge < -0.3 is 10.0 Å². The van der Waals surface area contributed by atoms with E-state index in [9.17, 15) is 4.79 Å². The van der Waals surface area contributed by atoms with E-state index >= 15 is 0 Å². The molecule has 62 valence electrons. The zero-order valence-electron chi connectivity index (χ0n) is 6.21. The average molecular weight is 165 g/mol. The maximum Gasteiger partial charge on any atom is 0.415 e. The quantitative estimate of drug-likeness (QED) is 0.573. The van der Waals surface area contributed by atoms with E-state index in [0.717, 1.165) is 10.6 Å². The normalized spacial score (nSPS) is 19.5. The lowest BCUT2D eigenvalue weighted by Crippen LogP contribution is -2.25. The van der Waals surface area contributed by atoms with Gasteiger partial charge in [-0.2, -0.15) is 0 Å². The number of fused-ring (bicyclic) bond motifs is 1. The van der Waals surface area contributed by atoms with E-state index in [1.165, 1.54) is 6.20 Å². The standard InChI is InChI=1S/C7H7N3O2/c11-7(12)9-1-2-10-5-8-3-6(10)4-9/h1-2,4-5H,3H2,(H,11,12). The van der Waals surface area contributed by atoms with Crippen molar-refractivity contribution >= 4 is 12.4 Å². The maximum atomic E-state index is 10.5. The van der Waals surface area contributed by atoms with Crippen LogP contribution in [0.3, 0.4) is 0 Å². The monoisotopic (exact) mass is 165 g/mol. The zero-order valence-corrected chi connectivity index (χ0v) is 6.21. The van der Waals surface area contributed by atoms with Gasteiger partial charge in [0.05, 0.1) is 18.6 Å². The number of nitrogens with zero attached hydrogens (tertiary/aromatic N) is 3. The molecule has 0 aliphatic carbocycles. The molecule has 2 aliphatic rings. The summed E-state index contributed by atoms with van der Waals surface area (Å²) >= 11 is 0. The summed E-state index contributed by atoms with van der Waals surface area (Å²) in [6, 6.07) is 0. The Morgan fingerprint density at radius 2 is 2.42 bits per heavy atom. The van der Waals surface area contributed by atoms with E-state index in [2.05, 4.69) is 4.99 Å². The van der Waals surface area contributed by atoms with Crippen molar-refractivity contribution in [3.8, 4) is 0 Å². The Labute approximate surface area is 68.9 Å². The average Bonchev–Trinajstić information content (AvgIpc) is 2.49. The van der Waals surface area contributed by atoms with Crippen LogP contribution in [0.2, 0.25) is 0 Å². The highest BCUT2D eigenvalue weighted by molar-refractivity contribution is 5.70. The third-order valence-corrected chi connectivity index (χ3v) is 1.69. The van der Waals surface area contributed by atoms with Gasteiger partial charge in [0, 0.05) is 18.6 Å². The summed E-state index contributed by atoms with van der Waals surface area (Å²) in [5, 5.41) is 8.63. The molecule has 0 atom stereocenters. The van der Waals surface area contributed by atoms with E-state index < -0.39 is 6.09 Å². The molecule has 0 aromatic heterocycles. The predicted molar refractivity (Wildman–Crippen MR) is 42.3 cm³/mol. The highest BCUT2D eigenvalue weighted by Gasteiger charge is 2.17. The van der Waals surface area contributed by atoms with Gasteiger partial charge in [-0.1, -0.05) is 0 Å². The summed E-state index contributed by atoms with van der Waals surface area (Å²) in [6.45, 7) is 0.550. The van der Waals surface area contributed by atoms with Gasteiger partial charge in [-0.15, -0.1) is 0 Å². The van der Waals surface area contributed by atoms with Crippen LogP contribution in [0.1, 0.15) is 0 Å². The second kappa shape index (κ2) is 2.37. The van der Waals surface area contributed by atoms with E-state index in [1.807, 2.05) is 0 Å². The van der Waals surface area contributed by atoms with Crippen molar-refractivity contribution in [2.45, 2.75) is 0 Å². The third-order valence-electron chi connectivity index (χ3n) is 1.69. The molecule has 0 aromatic carbocycles. The molecular formula is C7H7N3O2. The summed E-state index contributed by atoms with van der Waals surface area (Å²) in [5.41, 5.74) is 0.875. The van der Waals surface area contributed by atoms with Gasteiger partial charge in [0.2, 0.25) is 0 Å². The highest BCUT2D eigenvalue weighted by atomic mass is 16.4. The van der Waals surface area contributed by atoms with Gasteiger partial charge in [0.1, 0.15) is 0 Å². The minimum atomic E-state index is -0.981. The van der Waals surface area contributed by atoms with Crippen LogP contribution in [0, 0.1) is 0 Å². The fourth-order valence-electron chi connectivity index (χ4n) is 1.09. The molecule has 5 heteroatoms. The Bertz CT molecular complexity index is 306. The van der Waals surface area contributed by atoms with Gasteiger partial charge in [0.15, 0.2) is 0 Å². The van der Waals surface area contributed by atoms with Crippen LogP contribution in [0.4, 0.5) is 4.79 Å². The largest absolute Gasteiger partial charge is 0.464 e. The Hall–Kier alpha value is -1.78. The first-order valence-corrected chi connectivity index (χ1v) is 3.46. The van der Waals surface area contributed by atoms with Gasteiger partial charge in [-0.3, -0.25) is 9.89 Å². The number of rotatable bonds is 0.